The van der Waals surface area contributed by atoms with Crippen molar-refractivity contribution in [1.29, 1.82) is 0 Å². The molecule has 1 N–H and O–H groups in total. The fraction of sp³-hybridized carbons (Fsp3) is 0.571. The largest absolute Gasteiger partial charge is 0.493 e. The molecular weight excluding hydrogens is 278 g/mol. The smallest absolute Gasteiger partial charge is 0.161 e. The molecule has 0 aromatic heterocycles. The monoisotopic (exact) mass is 301 g/mol. The Bertz CT molecular complexity index is 526. The molecule has 0 saturated heterocycles. The number of benzene rings is 1. The third-order valence-corrected chi connectivity index (χ3v) is 3.56. The van der Waals surface area contributed by atoms with E-state index < -0.39 is 9.84 Å². The Morgan fingerprint density at radius 3 is 2.50 bits per heavy atom. The zero-order valence-corrected chi connectivity index (χ0v) is 13.3. The molecule has 0 heterocycles. The Morgan fingerprint density at radius 2 is 1.95 bits per heavy atom. The van der Waals surface area contributed by atoms with Crippen LogP contribution >= 0.6 is 0 Å². The molecule has 0 spiro atoms. The summed E-state index contributed by atoms with van der Waals surface area (Å²) in [4.78, 5) is 0. The van der Waals surface area contributed by atoms with E-state index in [4.69, 9.17) is 9.47 Å². The maximum absolute atomic E-state index is 11.1. The van der Waals surface area contributed by atoms with Crippen LogP contribution in [0.15, 0.2) is 18.2 Å². The van der Waals surface area contributed by atoms with Crippen molar-refractivity contribution in [2.24, 2.45) is 0 Å². The van der Waals surface area contributed by atoms with Crippen LogP contribution in [0.25, 0.3) is 0 Å². The van der Waals surface area contributed by atoms with Crippen molar-refractivity contribution < 1.29 is 17.9 Å². The lowest BCUT2D eigenvalue weighted by Gasteiger charge is -2.13. The molecule has 0 atom stereocenters. The van der Waals surface area contributed by atoms with Crippen LogP contribution in [0.3, 0.4) is 0 Å². The number of rotatable bonds is 8. The standard InChI is InChI=1S/C14H23NO4S/c1-11(2)15-10-12-5-6-13(14(9-12)18-3)19-7-8-20(4,16)17/h5-6,9,11,15H,7-8,10H2,1-4H3. The molecule has 0 fully saturated rings. The van der Waals surface area contributed by atoms with E-state index in [-0.39, 0.29) is 12.4 Å². The van der Waals surface area contributed by atoms with Gasteiger partial charge in [-0.3, -0.25) is 0 Å². The first-order valence-electron chi connectivity index (χ1n) is 6.52. The topological polar surface area (TPSA) is 64.6 Å². The molecule has 0 aliphatic carbocycles. The zero-order chi connectivity index (χ0) is 15.2. The fourth-order valence-corrected chi connectivity index (χ4v) is 1.95. The highest BCUT2D eigenvalue weighted by atomic mass is 32.2. The minimum Gasteiger partial charge on any atom is -0.493 e. The van der Waals surface area contributed by atoms with Gasteiger partial charge >= 0.3 is 0 Å². The number of sulfone groups is 1. The van der Waals surface area contributed by atoms with E-state index in [1.807, 2.05) is 12.1 Å². The van der Waals surface area contributed by atoms with Gasteiger partial charge in [-0.1, -0.05) is 19.9 Å². The van der Waals surface area contributed by atoms with Gasteiger partial charge in [-0.15, -0.1) is 0 Å². The molecule has 0 saturated carbocycles. The van der Waals surface area contributed by atoms with Crippen molar-refractivity contribution in [3.63, 3.8) is 0 Å². The Balaban J connectivity index is 2.67. The van der Waals surface area contributed by atoms with E-state index in [9.17, 15) is 8.42 Å². The molecule has 1 rings (SSSR count). The molecule has 114 valence electrons. The normalized spacial score (nSPS) is 11.7. The van der Waals surface area contributed by atoms with Crippen LogP contribution in [0.5, 0.6) is 11.5 Å². The van der Waals surface area contributed by atoms with Crippen LogP contribution < -0.4 is 14.8 Å². The third kappa shape index (κ3) is 6.25. The predicted octanol–water partition coefficient (Wildman–Crippen LogP) is 1.62. The van der Waals surface area contributed by atoms with E-state index in [1.54, 1.807) is 13.2 Å². The van der Waals surface area contributed by atoms with Crippen LogP contribution in [0.1, 0.15) is 19.4 Å². The Kier molecular flexibility index (Phi) is 6.29. The van der Waals surface area contributed by atoms with Gasteiger partial charge in [0.25, 0.3) is 0 Å². The van der Waals surface area contributed by atoms with Gasteiger partial charge in [-0.25, -0.2) is 8.42 Å². The summed E-state index contributed by atoms with van der Waals surface area (Å²) in [5.74, 6) is 1.17. The van der Waals surface area contributed by atoms with Gasteiger partial charge < -0.3 is 14.8 Å². The summed E-state index contributed by atoms with van der Waals surface area (Å²) in [5, 5.41) is 3.32. The molecule has 0 amide bonds. The van der Waals surface area contributed by atoms with Gasteiger partial charge in [0.05, 0.1) is 12.9 Å². The molecule has 1 aromatic rings. The Labute approximate surface area is 121 Å². The maximum atomic E-state index is 11.1. The van der Waals surface area contributed by atoms with Crippen molar-refractivity contribution >= 4 is 9.84 Å². The van der Waals surface area contributed by atoms with Gasteiger partial charge in [0, 0.05) is 18.8 Å². The first-order chi connectivity index (χ1) is 9.31. The van der Waals surface area contributed by atoms with Crippen molar-refractivity contribution in [1.82, 2.24) is 5.32 Å². The lowest BCUT2D eigenvalue weighted by molar-refractivity contribution is 0.311. The molecule has 0 radical (unpaired) electrons. The van der Waals surface area contributed by atoms with Crippen LogP contribution in [-0.2, 0) is 16.4 Å². The van der Waals surface area contributed by atoms with Crippen molar-refractivity contribution in [2.75, 3.05) is 25.7 Å². The molecule has 0 unspecified atom stereocenters. The van der Waals surface area contributed by atoms with Crippen LogP contribution in [0.4, 0.5) is 0 Å². The van der Waals surface area contributed by atoms with E-state index in [2.05, 4.69) is 19.2 Å². The van der Waals surface area contributed by atoms with Crippen LogP contribution in [0.2, 0.25) is 0 Å². The summed E-state index contributed by atoms with van der Waals surface area (Å²) < 4.78 is 32.9. The number of hydrogen-bond donors (Lipinski definition) is 1. The number of hydrogen-bond acceptors (Lipinski definition) is 5. The number of nitrogens with one attached hydrogen (secondary N) is 1. The van der Waals surface area contributed by atoms with Crippen LogP contribution in [-0.4, -0.2) is 40.2 Å². The predicted molar refractivity (Wildman–Crippen MR) is 80.2 cm³/mol. The molecule has 0 aliphatic rings. The summed E-state index contributed by atoms with van der Waals surface area (Å²) in [5.41, 5.74) is 1.09. The van der Waals surface area contributed by atoms with Crippen LogP contribution in [0, 0.1) is 0 Å². The average molecular weight is 301 g/mol. The molecule has 6 heteroatoms. The molecule has 0 aliphatic heterocycles. The van der Waals surface area contributed by atoms with Gasteiger partial charge in [-0.05, 0) is 17.7 Å². The zero-order valence-electron chi connectivity index (χ0n) is 12.5. The quantitative estimate of drug-likeness (QED) is 0.790. The second-order valence-electron chi connectivity index (χ2n) is 5.00. The van der Waals surface area contributed by atoms with Gasteiger partial charge in [0.2, 0.25) is 0 Å². The summed E-state index contributed by atoms with van der Waals surface area (Å²) in [7, 11) is -1.45. The highest BCUT2D eigenvalue weighted by Crippen LogP contribution is 2.28. The van der Waals surface area contributed by atoms with E-state index in [0.717, 1.165) is 12.1 Å². The first-order valence-corrected chi connectivity index (χ1v) is 8.58. The van der Waals surface area contributed by atoms with Crippen molar-refractivity contribution in [3.8, 4) is 11.5 Å². The van der Waals surface area contributed by atoms with E-state index in [0.29, 0.717) is 17.5 Å². The molecule has 20 heavy (non-hydrogen) atoms. The van der Waals surface area contributed by atoms with Gasteiger partial charge in [-0.2, -0.15) is 0 Å². The first kappa shape index (κ1) is 16.8. The average Bonchev–Trinajstić information content (AvgIpc) is 2.35. The highest BCUT2D eigenvalue weighted by Gasteiger charge is 2.08. The third-order valence-electron chi connectivity index (χ3n) is 2.65. The maximum Gasteiger partial charge on any atom is 0.161 e. The van der Waals surface area contributed by atoms with E-state index in [1.165, 1.54) is 6.26 Å². The minimum absolute atomic E-state index is 0.00713. The second kappa shape index (κ2) is 7.50. The molecule has 0 bridgehead atoms. The lowest BCUT2D eigenvalue weighted by atomic mass is 10.2. The van der Waals surface area contributed by atoms with Crippen molar-refractivity contribution in [2.45, 2.75) is 26.4 Å². The Morgan fingerprint density at radius 1 is 1.25 bits per heavy atom. The molecule has 1 aromatic carbocycles. The fourth-order valence-electron chi connectivity index (χ4n) is 1.57. The van der Waals surface area contributed by atoms with Gasteiger partial charge in [0.15, 0.2) is 21.3 Å². The Hall–Kier alpha value is -1.27. The number of methoxy groups -OCH3 is 1. The minimum atomic E-state index is -3.02. The summed E-state index contributed by atoms with van der Waals surface area (Å²) in [6, 6.07) is 6.05. The van der Waals surface area contributed by atoms with E-state index >= 15 is 0 Å². The molecule has 5 nitrogen and oxygen atoms in total. The number of ether oxygens (including phenoxy) is 2. The lowest BCUT2D eigenvalue weighted by Crippen LogP contribution is -2.21. The molecular formula is C14H23NO4S. The van der Waals surface area contributed by atoms with Crippen molar-refractivity contribution in [3.05, 3.63) is 23.8 Å². The SMILES string of the molecule is COc1cc(CNC(C)C)ccc1OCCS(C)(=O)=O. The summed E-state index contributed by atoms with van der Waals surface area (Å²) in [6.45, 7) is 5.04. The summed E-state index contributed by atoms with van der Waals surface area (Å²) in [6.07, 6.45) is 1.19. The summed E-state index contributed by atoms with van der Waals surface area (Å²) >= 11 is 0. The van der Waals surface area contributed by atoms with Gasteiger partial charge in [0.1, 0.15) is 6.61 Å². The highest BCUT2D eigenvalue weighted by molar-refractivity contribution is 7.90. The second-order valence-corrected chi connectivity index (χ2v) is 7.26.